The Morgan fingerprint density at radius 1 is 1.53 bits per heavy atom. The number of rotatable bonds is 4. The van der Waals surface area contributed by atoms with Crippen molar-refractivity contribution in [3.05, 3.63) is 28.2 Å². The van der Waals surface area contributed by atoms with Crippen molar-refractivity contribution in [2.75, 3.05) is 24.6 Å². The van der Waals surface area contributed by atoms with E-state index < -0.39 is 0 Å². The van der Waals surface area contributed by atoms with Crippen LogP contribution in [0.25, 0.3) is 0 Å². The molecule has 2 rings (SSSR count). The van der Waals surface area contributed by atoms with Crippen molar-refractivity contribution >= 4 is 27.5 Å². The van der Waals surface area contributed by atoms with Gasteiger partial charge in [-0.3, -0.25) is 4.79 Å². The number of benzene rings is 1. The van der Waals surface area contributed by atoms with E-state index in [-0.39, 0.29) is 12.0 Å². The van der Waals surface area contributed by atoms with Crippen LogP contribution in [-0.4, -0.2) is 31.7 Å². The number of morpholine rings is 1. The highest BCUT2D eigenvalue weighted by atomic mass is 79.9. The fourth-order valence-corrected chi connectivity index (χ4v) is 2.79. The number of nitrogens with two attached hydrogens (primary N) is 1. The molecule has 0 radical (unpaired) electrons. The first-order valence-corrected chi connectivity index (χ1v) is 7.32. The number of ether oxygens (including phenoxy) is 1. The van der Waals surface area contributed by atoms with Gasteiger partial charge in [-0.15, -0.1) is 0 Å². The van der Waals surface area contributed by atoms with Crippen LogP contribution in [0.2, 0.25) is 0 Å². The zero-order valence-electron chi connectivity index (χ0n) is 11.1. The van der Waals surface area contributed by atoms with Crippen molar-refractivity contribution in [3.63, 3.8) is 0 Å². The molecule has 4 nitrogen and oxygen atoms in total. The van der Waals surface area contributed by atoms with Crippen LogP contribution < -0.4 is 10.6 Å². The smallest absolute Gasteiger partial charge is 0.256 e. The maximum absolute atomic E-state index is 12.4. The largest absolute Gasteiger partial charge is 0.367 e. The molecule has 1 aliphatic heterocycles. The average molecular weight is 327 g/mol. The molecule has 0 saturated carbocycles. The van der Waals surface area contributed by atoms with E-state index >= 15 is 0 Å². The van der Waals surface area contributed by atoms with Gasteiger partial charge in [0.15, 0.2) is 0 Å². The normalized spacial score (nSPS) is 19.8. The van der Waals surface area contributed by atoms with Gasteiger partial charge in [0.1, 0.15) is 6.10 Å². The Kier molecular flexibility index (Phi) is 4.96. The Balaban J connectivity index is 2.17. The van der Waals surface area contributed by atoms with Crippen LogP contribution in [0.15, 0.2) is 22.7 Å². The van der Waals surface area contributed by atoms with E-state index in [9.17, 15) is 4.79 Å². The molecule has 1 aromatic rings. The van der Waals surface area contributed by atoms with E-state index in [1.54, 1.807) is 0 Å². The lowest BCUT2D eigenvalue weighted by Gasteiger charge is -2.33. The van der Waals surface area contributed by atoms with Gasteiger partial charge in [-0.2, -0.15) is 0 Å². The van der Waals surface area contributed by atoms with Crippen molar-refractivity contribution in [1.82, 2.24) is 0 Å². The molecule has 1 aromatic carbocycles. The lowest BCUT2D eigenvalue weighted by Crippen LogP contribution is -2.48. The van der Waals surface area contributed by atoms with Gasteiger partial charge < -0.3 is 15.4 Å². The van der Waals surface area contributed by atoms with Gasteiger partial charge in [0.05, 0.1) is 6.61 Å². The third kappa shape index (κ3) is 3.35. The zero-order chi connectivity index (χ0) is 13.8. The third-order valence-corrected chi connectivity index (χ3v) is 3.79. The fraction of sp³-hybridized carbons (Fsp3) is 0.500. The van der Waals surface area contributed by atoms with Gasteiger partial charge in [0.25, 0.3) is 5.91 Å². The molecule has 2 N–H and O–H groups in total. The summed E-state index contributed by atoms with van der Waals surface area (Å²) in [5.41, 5.74) is 7.54. The van der Waals surface area contributed by atoms with E-state index in [1.807, 2.05) is 30.0 Å². The highest BCUT2D eigenvalue weighted by Crippen LogP contribution is 2.26. The molecule has 1 heterocycles. The van der Waals surface area contributed by atoms with Crippen molar-refractivity contribution in [1.29, 1.82) is 0 Å². The van der Waals surface area contributed by atoms with Gasteiger partial charge in [0.2, 0.25) is 0 Å². The molecule has 1 aliphatic rings. The number of carbonyl (C=O) groups is 1. The summed E-state index contributed by atoms with van der Waals surface area (Å²) in [6.07, 6.45) is 1.16. The van der Waals surface area contributed by atoms with Crippen molar-refractivity contribution in [2.24, 2.45) is 5.73 Å². The van der Waals surface area contributed by atoms with Crippen molar-refractivity contribution in [2.45, 2.75) is 25.9 Å². The molecule has 1 amide bonds. The number of nitrogens with zero attached hydrogens (tertiary/aromatic N) is 1. The minimum absolute atomic E-state index is 0.0464. The quantitative estimate of drug-likeness (QED) is 0.923. The first kappa shape index (κ1) is 14.5. The predicted molar refractivity (Wildman–Crippen MR) is 79.3 cm³/mol. The monoisotopic (exact) mass is 326 g/mol. The Morgan fingerprint density at radius 3 is 3.00 bits per heavy atom. The Labute approximate surface area is 122 Å². The minimum Gasteiger partial charge on any atom is -0.367 e. The van der Waals surface area contributed by atoms with Crippen LogP contribution in [0.5, 0.6) is 0 Å². The lowest BCUT2D eigenvalue weighted by atomic mass is 10.1. The molecular weight excluding hydrogens is 308 g/mol. The Morgan fingerprint density at radius 2 is 2.32 bits per heavy atom. The fourth-order valence-electron chi connectivity index (χ4n) is 2.31. The number of hydrogen-bond acceptors (Lipinski definition) is 3. The van der Waals surface area contributed by atoms with E-state index in [1.165, 1.54) is 0 Å². The summed E-state index contributed by atoms with van der Waals surface area (Å²) in [6, 6.07) is 5.95. The van der Waals surface area contributed by atoms with Crippen LogP contribution in [0, 0.1) is 6.92 Å². The molecule has 0 aliphatic carbocycles. The Bertz CT molecular complexity index is 465. The van der Waals surface area contributed by atoms with E-state index in [4.69, 9.17) is 10.5 Å². The van der Waals surface area contributed by atoms with Crippen LogP contribution in [0.3, 0.4) is 0 Å². The highest BCUT2D eigenvalue weighted by molar-refractivity contribution is 9.10. The SMILES string of the molecule is Cc1cc(Br)ccc1N1CCOC(CCCN)C1=O. The molecule has 1 atom stereocenters. The average Bonchev–Trinajstić information content (AvgIpc) is 2.38. The summed E-state index contributed by atoms with van der Waals surface area (Å²) in [7, 11) is 0. The molecule has 104 valence electrons. The van der Waals surface area contributed by atoms with Crippen LogP contribution in [-0.2, 0) is 9.53 Å². The molecule has 0 aromatic heterocycles. The maximum atomic E-state index is 12.4. The van der Waals surface area contributed by atoms with E-state index in [0.29, 0.717) is 26.1 Å². The number of carbonyl (C=O) groups excluding carboxylic acids is 1. The third-order valence-electron chi connectivity index (χ3n) is 3.30. The molecule has 0 spiro atoms. The molecule has 5 heteroatoms. The standard InChI is InChI=1S/C14H19BrN2O2/c1-10-9-11(15)4-5-12(10)17-7-8-19-13(14(17)18)3-2-6-16/h4-5,9,13H,2-3,6-8,16H2,1H3. The number of anilines is 1. The summed E-state index contributed by atoms with van der Waals surface area (Å²) < 4.78 is 6.57. The molecule has 1 unspecified atom stereocenters. The summed E-state index contributed by atoms with van der Waals surface area (Å²) >= 11 is 3.44. The molecule has 19 heavy (non-hydrogen) atoms. The number of amides is 1. The lowest BCUT2D eigenvalue weighted by molar-refractivity contribution is -0.134. The minimum atomic E-state index is -0.347. The summed E-state index contributed by atoms with van der Waals surface area (Å²) in [5, 5.41) is 0. The van der Waals surface area contributed by atoms with Crippen LogP contribution >= 0.6 is 15.9 Å². The van der Waals surface area contributed by atoms with Crippen molar-refractivity contribution < 1.29 is 9.53 Å². The summed E-state index contributed by atoms with van der Waals surface area (Å²) in [5.74, 6) is 0.0464. The molecular formula is C14H19BrN2O2. The summed E-state index contributed by atoms with van der Waals surface area (Å²) in [6.45, 7) is 3.79. The van der Waals surface area contributed by atoms with E-state index in [2.05, 4.69) is 15.9 Å². The van der Waals surface area contributed by atoms with Gasteiger partial charge in [-0.1, -0.05) is 15.9 Å². The van der Waals surface area contributed by atoms with E-state index in [0.717, 1.165) is 22.1 Å². The number of hydrogen-bond donors (Lipinski definition) is 1. The Hall–Kier alpha value is -0.910. The topological polar surface area (TPSA) is 55.6 Å². The zero-order valence-corrected chi connectivity index (χ0v) is 12.6. The number of halogens is 1. The molecule has 0 bridgehead atoms. The highest BCUT2D eigenvalue weighted by Gasteiger charge is 2.30. The first-order valence-electron chi connectivity index (χ1n) is 6.52. The molecule has 1 fully saturated rings. The van der Waals surface area contributed by atoms with Gasteiger partial charge >= 0.3 is 0 Å². The van der Waals surface area contributed by atoms with Gasteiger partial charge in [0, 0.05) is 16.7 Å². The van der Waals surface area contributed by atoms with Gasteiger partial charge in [-0.25, -0.2) is 0 Å². The summed E-state index contributed by atoms with van der Waals surface area (Å²) in [4.78, 5) is 14.2. The second kappa shape index (κ2) is 6.50. The van der Waals surface area contributed by atoms with Gasteiger partial charge in [-0.05, 0) is 50.1 Å². The maximum Gasteiger partial charge on any atom is 0.256 e. The second-order valence-electron chi connectivity index (χ2n) is 4.71. The van der Waals surface area contributed by atoms with Crippen molar-refractivity contribution in [3.8, 4) is 0 Å². The molecule has 1 saturated heterocycles. The second-order valence-corrected chi connectivity index (χ2v) is 5.63. The number of aryl methyl sites for hydroxylation is 1. The first-order chi connectivity index (χ1) is 9.13. The predicted octanol–water partition coefficient (Wildman–Crippen LogP) is 2.23. The van der Waals surface area contributed by atoms with Crippen LogP contribution in [0.1, 0.15) is 18.4 Å². The van der Waals surface area contributed by atoms with Crippen LogP contribution in [0.4, 0.5) is 5.69 Å².